The monoisotopic (exact) mass is 190 g/mol. The SMILES string of the molecule is CCN1C=CN(c2ccc(O)cc2)C1. The summed E-state index contributed by atoms with van der Waals surface area (Å²) >= 11 is 0. The van der Waals surface area contributed by atoms with Gasteiger partial charge in [-0.25, -0.2) is 0 Å². The lowest BCUT2D eigenvalue weighted by Gasteiger charge is -2.19. The van der Waals surface area contributed by atoms with Crippen molar-refractivity contribution in [2.24, 2.45) is 0 Å². The number of benzene rings is 1. The summed E-state index contributed by atoms with van der Waals surface area (Å²) in [7, 11) is 0. The normalized spacial score (nSPS) is 15.2. The molecule has 1 heterocycles. The number of phenolic OH excluding ortho intramolecular Hbond substituents is 1. The van der Waals surface area contributed by atoms with E-state index in [0.717, 1.165) is 18.9 Å². The zero-order valence-electron chi connectivity index (χ0n) is 8.22. The minimum Gasteiger partial charge on any atom is -0.508 e. The first-order chi connectivity index (χ1) is 6.79. The summed E-state index contributed by atoms with van der Waals surface area (Å²) in [6.07, 6.45) is 4.13. The molecule has 3 heteroatoms. The van der Waals surface area contributed by atoms with Crippen LogP contribution in [0.1, 0.15) is 6.92 Å². The molecule has 0 aromatic heterocycles. The molecule has 0 radical (unpaired) electrons. The Labute approximate surface area is 83.9 Å². The number of nitrogens with zero attached hydrogens (tertiary/aromatic N) is 2. The van der Waals surface area contributed by atoms with Gasteiger partial charge in [0.1, 0.15) is 5.75 Å². The third-order valence-corrected chi connectivity index (χ3v) is 2.38. The van der Waals surface area contributed by atoms with Gasteiger partial charge in [-0.1, -0.05) is 0 Å². The molecule has 1 aromatic rings. The van der Waals surface area contributed by atoms with E-state index in [1.807, 2.05) is 12.1 Å². The van der Waals surface area contributed by atoms with Gasteiger partial charge in [-0.15, -0.1) is 0 Å². The van der Waals surface area contributed by atoms with E-state index >= 15 is 0 Å². The van der Waals surface area contributed by atoms with Crippen LogP contribution in [0.25, 0.3) is 0 Å². The molecule has 74 valence electrons. The molecule has 1 N–H and O–H groups in total. The third kappa shape index (κ3) is 1.66. The minimum atomic E-state index is 0.310. The van der Waals surface area contributed by atoms with Crippen molar-refractivity contribution in [1.29, 1.82) is 0 Å². The highest BCUT2D eigenvalue weighted by molar-refractivity contribution is 5.52. The van der Waals surface area contributed by atoms with Gasteiger partial charge in [0.15, 0.2) is 0 Å². The predicted octanol–water partition coefficient (Wildman–Crippen LogP) is 1.96. The van der Waals surface area contributed by atoms with Crippen LogP contribution in [-0.2, 0) is 0 Å². The van der Waals surface area contributed by atoms with Crippen molar-refractivity contribution >= 4 is 5.69 Å². The molecule has 1 aromatic carbocycles. The van der Waals surface area contributed by atoms with Gasteiger partial charge in [0.2, 0.25) is 0 Å². The molecule has 1 aliphatic rings. The van der Waals surface area contributed by atoms with Crippen LogP contribution in [0, 0.1) is 0 Å². The Morgan fingerprint density at radius 3 is 2.50 bits per heavy atom. The lowest BCUT2D eigenvalue weighted by molar-refractivity contribution is 0.429. The summed E-state index contributed by atoms with van der Waals surface area (Å²) in [5, 5.41) is 9.15. The first kappa shape index (κ1) is 8.94. The molecule has 2 rings (SSSR count). The van der Waals surface area contributed by atoms with Crippen molar-refractivity contribution in [3.05, 3.63) is 36.7 Å². The van der Waals surface area contributed by atoms with Crippen LogP contribution < -0.4 is 4.90 Å². The molecule has 0 amide bonds. The van der Waals surface area contributed by atoms with Gasteiger partial charge in [0.25, 0.3) is 0 Å². The molecule has 0 saturated heterocycles. The Balaban J connectivity index is 2.11. The van der Waals surface area contributed by atoms with E-state index in [-0.39, 0.29) is 0 Å². The molecule has 3 nitrogen and oxygen atoms in total. The summed E-state index contributed by atoms with van der Waals surface area (Å²) < 4.78 is 0. The highest BCUT2D eigenvalue weighted by atomic mass is 16.3. The lowest BCUT2D eigenvalue weighted by atomic mass is 10.3. The maximum absolute atomic E-state index is 9.15. The average Bonchev–Trinajstić information content (AvgIpc) is 2.67. The van der Waals surface area contributed by atoms with Crippen LogP contribution in [0.5, 0.6) is 5.75 Å². The fourth-order valence-electron chi connectivity index (χ4n) is 1.48. The highest BCUT2D eigenvalue weighted by Gasteiger charge is 2.11. The molecule has 0 saturated carbocycles. The van der Waals surface area contributed by atoms with Gasteiger partial charge < -0.3 is 14.9 Å². The maximum Gasteiger partial charge on any atom is 0.115 e. The highest BCUT2D eigenvalue weighted by Crippen LogP contribution is 2.21. The summed E-state index contributed by atoms with van der Waals surface area (Å²) in [5.41, 5.74) is 1.11. The largest absolute Gasteiger partial charge is 0.508 e. The lowest BCUT2D eigenvalue weighted by Crippen LogP contribution is -2.24. The minimum absolute atomic E-state index is 0.310. The third-order valence-electron chi connectivity index (χ3n) is 2.38. The second-order valence-corrected chi connectivity index (χ2v) is 3.33. The van der Waals surface area contributed by atoms with E-state index in [9.17, 15) is 0 Å². The average molecular weight is 190 g/mol. The molecular formula is C11H14N2O. The standard InChI is InChI=1S/C11H14N2O/c1-2-12-7-8-13(9-12)10-3-5-11(14)6-4-10/h3-8,14H,2,9H2,1H3. The molecule has 0 unspecified atom stereocenters. The molecule has 14 heavy (non-hydrogen) atoms. The number of phenols is 1. The molecule has 0 atom stereocenters. The maximum atomic E-state index is 9.15. The quantitative estimate of drug-likeness (QED) is 0.772. The van der Waals surface area contributed by atoms with Crippen molar-refractivity contribution < 1.29 is 5.11 Å². The topological polar surface area (TPSA) is 26.7 Å². The Morgan fingerprint density at radius 1 is 1.21 bits per heavy atom. The summed E-state index contributed by atoms with van der Waals surface area (Å²) in [5.74, 6) is 0.310. The Hall–Kier alpha value is -1.64. The Bertz CT molecular complexity index is 332. The van der Waals surface area contributed by atoms with E-state index in [1.165, 1.54) is 0 Å². The number of anilines is 1. The smallest absolute Gasteiger partial charge is 0.115 e. The van der Waals surface area contributed by atoms with Crippen molar-refractivity contribution in [1.82, 2.24) is 4.90 Å². The molecule has 0 aliphatic carbocycles. The molecule has 1 aliphatic heterocycles. The first-order valence-electron chi connectivity index (χ1n) is 4.77. The predicted molar refractivity (Wildman–Crippen MR) is 57.0 cm³/mol. The Morgan fingerprint density at radius 2 is 1.93 bits per heavy atom. The number of hydrogen-bond acceptors (Lipinski definition) is 3. The van der Waals surface area contributed by atoms with Crippen LogP contribution in [0.4, 0.5) is 5.69 Å². The summed E-state index contributed by atoms with van der Waals surface area (Å²) in [6.45, 7) is 4.04. The fraction of sp³-hybridized carbons (Fsp3) is 0.273. The van der Waals surface area contributed by atoms with Crippen LogP contribution in [0.2, 0.25) is 0 Å². The van der Waals surface area contributed by atoms with E-state index in [2.05, 4.69) is 29.1 Å². The fourth-order valence-corrected chi connectivity index (χ4v) is 1.48. The van der Waals surface area contributed by atoms with E-state index < -0.39 is 0 Å². The van der Waals surface area contributed by atoms with Crippen molar-refractivity contribution in [3.8, 4) is 5.75 Å². The van der Waals surface area contributed by atoms with Crippen LogP contribution in [-0.4, -0.2) is 23.2 Å². The van der Waals surface area contributed by atoms with Gasteiger partial charge in [0, 0.05) is 24.6 Å². The first-order valence-corrected chi connectivity index (χ1v) is 4.77. The Kier molecular flexibility index (Phi) is 2.31. The zero-order valence-corrected chi connectivity index (χ0v) is 8.22. The van der Waals surface area contributed by atoms with Crippen LogP contribution in [0.15, 0.2) is 36.7 Å². The van der Waals surface area contributed by atoms with Gasteiger partial charge in [0.05, 0.1) is 6.67 Å². The van der Waals surface area contributed by atoms with Gasteiger partial charge in [-0.3, -0.25) is 0 Å². The van der Waals surface area contributed by atoms with Gasteiger partial charge in [-0.2, -0.15) is 0 Å². The molecule has 0 spiro atoms. The number of aromatic hydroxyl groups is 1. The van der Waals surface area contributed by atoms with Crippen LogP contribution >= 0.6 is 0 Å². The van der Waals surface area contributed by atoms with Gasteiger partial charge in [-0.05, 0) is 31.2 Å². The van der Waals surface area contributed by atoms with E-state index in [0.29, 0.717) is 5.75 Å². The van der Waals surface area contributed by atoms with Crippen molar-refractivity contribution in [3.63, 3.8) is 0 Å². The summed E-state index contributed by atoms with van der Waals surface area (Å²) in [4.78, 5) is 4.36. The van der Waals surface area contributed by atoms with E-state index in [1.54, 1.807) is 12.1 Å². The summed E-state index contributed by atoms with van der Waals surface area (Å²) in [6, 6.07) is 7.24. The zero-order chi connectivity index (χ0) is 9.97. The molecule has 0 fully saturated rings. The van der Waals surface area contributed by atoms with Crippen LogP contribution in [0.3, 0.4) is 0 Å². The second kappa shape index (κ2) is 3.62. The molecular weight excluding hydrogens is 176 g/mol. The number of hydrogen-bond donors (Lipinski definition) is 1. The second-order valence-electron chi connectivity index (χ2n) is 3.33. The van der Waals surface area contributed by atoms with E-state index in [4.69, 9.17) is 5.11 Å². The molecule has 0 bridgehead atoms. The number of rotatable bonds is 2. The van der Waals surface area contributed by atoms with Crippen molar-refractivity contribution in [2.45, 2.75) is 6.92 Å². The van der Waals surface area contributed by atoms with Crippen molar-refractivity contribution in [2.75, 3.05) is 18.1 Å². The van der Waals surface area contributed by atoms with Gasteiger partial charge >= 0.3 is 0 Å².